The smallest absolute Gasteiger partial charge is 0.312 e. The van der Waals surface area contributed by atoms with E-state index < -0.39 is 58.3 Å². The van der Waals surface area contributed by atoms with Gasteiger partial charge in [0.2, 0.25) is 17.7 Å². The fraction of sp³-hybridized carbons (Fsp3) is 0.500. The second-order valence-corrected chi connectivity index (χ2v) is 13.6. The van der Waals surface area contributed by atoms with Crippen LogP contribution in [0.25, 0.3) is 0 Å². The highest BCUT2D eigenvalue weighted by Crippen LogP contribution is 2.48. The van der Waals surface area contributed by atoms with Crippen molar-refractivity contribution in [1.29, 1.82) is 0 Å². The molecule has 6 rings (SSSR count). The van der Waals surface area contributed by atoms with Crippen molar-refractivity contribution in [1.82, 2.24) is 15.1 Å². The summed E-state index contributed by atoms with van der Waals surface area (Å²) in [6.45, 7) is 3.77. The number of halogens is 2. The Morgan fingerprint density at radius 1 is 1.04 bits per heavy atom. The number of nitrogens with zero attached hydrogens (tertiary/aromatic N) is 2. The fourth-order valence-corrected chi connectivity index (χ4v) is 7.42. The van der Waals surface area contributed by atoms with Gasteiger partial charge in [0.15, 0.2) is 0 Å². The molecule has 3 aliphatic heterocycles. The van der Waals surface area contributed by atoms with Crippen LogP contribution in [0.5, 0.6) is 0 Å². The number of hydrogen-bond acceptors (Lipinski definition) is 5. The number of aryl methyl sites for hydroxylation is 1. The van der Waals surface area contributed by atoms with Crippen molar-refractivity contribution < 1.29 is 32.8 Å². The number of primary amides is 1. The molecule has 10 nitrogen and oxygen atoms in total. The van der Waals surface area contributed by atoms with E-state index in [1.807, 2.05) is 32.0 Å². The number of anilines is 1. The van der Waals surface area contributed by atoms with Crippen LogP contribution in [-0.4, -0.2) is 64.5 Å². The zero-order chi connectivity index (χ0) is 33.0. The summed E-state index contributed by atoms with van der Waals surface area (Å²) in [7, 11) is 0. The van der Waals surface area contributed by atoms with Crippen molar-refractivity contribution in [2.45, 2.75) is 88.3 Å². The number of hydrogen-bond donors (Lipinski definition) is 3. The summed E-state index contributed by atoms with van der Waals surface area (Å²) in [5.74, 6) is -5.24. The fourth-order valence-electron chi connectivity index (χ4n) is 7.42. The maximum absolute atomic E-state index is 14.7. The molecule has 12 heteroatoms. The molecular formula is C34H39F2N5O5. The highest BCUT2D eigenvalue weighted by Gasteiger charge is 2.58. The maximum atomic E-state index is 14.7. The van der Waals surface area contributed by atoms with Crippen molar-refractivity contribution in [3.63, 3.8) is 0 Å². The van der Waals surface area contributed by atoms with Crippen molar-refractivity contribution in [3.8, 4) is 0 Å². The molecule has 2 aromatic carbocycles. The topological polar surface area (TPSA) is 142 Å². The Labute approximate surface area is 266 Å². The van der Waals surface area contributed by atoms with E-state index in [2.05, 4.69) is 10.6 Å². The molecule has 4 bridgehead atoms. The molecule has 3 heterocycles. The number of nitrogens with two attached hydrogens (primary N) is 1. The van der Waals surface area contributed by atoms with Gasteiger partial charge in [0.05, 0.1) is 11.0 Å². The van der Waals surface area contributed by atoms with Crippen LogP contribution in [0.4, 0.5) is 14.5 Å². The number of carbonyl (C=O) groups excluding carboxylic acids is 5. The summed E-state index contributed by atoms with van der Waals surface area (Å²) in [5.41, 5.74) is 5.98. The third kappa shape index (κ3) is 5.51. The Kier molecular flexibility index (Phi) is 8.10. The summed E-state index contributed by atoms with van der Waals surface area (Å²) in [5, 5.41) is 5.60. The molecule has 4 aliphatic rings. The van der Waals surface area contributed by atoms with Gasteiger partial charge in [-0.1, -0.05) is 38.5 Å². The Morgan fingerprint density at radius 2 is 1.80 bits per heavy atom. The number of rotatable bonds is 5. The lowest BCUT2D eigenvalue weighted by atomic mass is 9.78. The molecule has 0 aromatic heterocycles. The Bertz CT molecular complexity index is 1620. The molecule has 46 heavy (non-hydrogen) atoms. The van der Waals surface area contributed by atoms with Crippen molar-refractivity contribution in [3.05, 3.63) is 64.7 Å². The van der Waals surface area contributed by atoms with E-state index in [1.165, 1.54) is 15.9 Å². The zero-order valence-corrected chi connectivity index (χ0v) is 26.0. The summed E-state index contributed by atoms with van der Waals surface area (Å²) < 4.78 is 28.3. The number of benzene rings is 2. The highest BCUT2D eigenvalue weighted by molar-refractivity contribution is 6.35. The number of amides is 5. The van der Waals surface area contributed by atoms with E-state index in [9.17, 15) is 32.8 Å². The number of nitrogens with one attached hydrogen (secondary N) is 2. The summed E-state index contributed by atoms with van der Waals surface area (Å²) >= 11 is 0. The minimum atomic E-state index is -1.18. The third-order valence-corrected chi connectivity index (χ3v) is 9.98. The van der Waals surface area contributed by atoms with Crippen molar-refractivity contribution >= 4 is 35.2 Å². The molecule has 0 radical (unpaired) electrons. The highest BCUT2D eigenvalue weighted by atomic mass is 19.1. The zero-order valence-electron chi connectivity index (χ0n) is 26.0. The third-order valence-electron chi connectivity index (χ3n) is 9.98. The first-order valence-electron chi connectivity index (χ1n) is 16.0. The summed E-state index contributed by atoms with van der Waals surface area (Å²) in [6.07, 6.45) is 3.62. The lowest BCUT2D eigenvalue weighted by molar-refractivity contribution is -0.154. The first-order chi connectivity index (χ1) is 21.8. The van der Waals surface area contributed by atoms with Crippen LogP contribution in [0.15, 0.2) is 36.4 Å². The minimum Gasteiger partial charge on any atom is -0.368 e. The van der Waals surface area contributed by atoms with Crippen molar-refractivity contribution in [2.75, 3.05) is 18.4 Å². The van der Waals surface area contributed by atoms with Gasteiger partial charge in [0.1, 0.15) is 23.7 Å². The molecule has 244 valence electrons. The van der Waals surface area contributed by atoms with Gasteiger partial charge in [-0.3, -0.25) is 24.0 Å². The van der Waals surface area contributed by atoms with Crippen molar-refractivity contribution in [2.24, 2.45) is 11.7 Å². The van der Waals surface area contributed by atoms with Gasteiger partial charge >= 0.3 is 11.8 Å². The standard InChI is InChI=1S/C34H39F2N5O5/c1-19(2)14-26-30(44)41-18-33(17-27(41)28(37)42)23-15-20(7-10-25(23)38-32(33)46)6-4-3-5-13-40(26)31(45)29(43)39-34(11-12-34)22-9-8-21(35)16-24(22)36/h7-10,15-16,19,26-27H,3-6,11-14,17-18H2,1-2H3,(H2,37,42)(H,38,46)(H,39,43)/t26-,27-,33-/m0/s1. The van der Waals surface area contributed by atoms with Gasteiger partial charge < -0.3 is 26.2 Å². The first-order valence-corrected chi connectivity index (χ1v) is 16.0. The van der Waals surface area contributed by atoms with Gasteiger partial charge in [-0.25, -0.2) is 8.78 Å². The van der Waals surface area contributed by atoms with Crippen LogP contribution in [-0.2, 0) is 41.3 Å². The molecule has 5 amide bonds. The Morgan fingerprint density at radius 3 is 2.48 bits per heavy atom. The van der Waals surface area contributed by atoms with E-state index in [-0.39, 0.29) is 43.3 Å². The Hall–Kier alpha value is -4.35. The van der Waals surface area contributed by atoms with Gasteiger partial charge in [-0.05, 0) is 74.1 Å². The monoisotopic (exact) mass is 635 g/mol. The van der Waals surface area contributed by atoms with Crippen LogP contribution >= 0.6 is 0 Å². The summed E-state index contributed by atoms with van der Waals surface area (Å²) in [6, 6.07) is 6.68. The van der Waals surface area contributed by atoms with Crippen LogP contribution in [0.1, 0.15) is 75.5 Å². The minimum absolute atomic E-state index is 0.00491. The number of carbonyl (C=O) groups is 5. The lowest BCUT2D eigenvalue weighted by Gasteiger charge is -2.36. The average molecular weight is 636 g/mol. The molecule has 0 unspecified atom stereocenters. The molecule has 3 atom stereocenters. The lowest BCUT2D eigenvalue weighted by Crippen LogP contribution is -2.58. The van der Waals surface area contributed by atoms with Crippen LogP contribution < -0.4 is 16.4 Å². The predicted molar refractivity (Wildman–Crippen MR) is 164 cm³/mol. The van der Waals surface area contributed by atoms with Crippen LogP contribution in [0.3, 0.4) is 0 Å². The van der Waals surface area contributed by atoms with E-state index in [4.69, 9.17) is 5.73 Å². The second kappa shape index (κ2) is 11.8. The van der Waals surface area contributed by atoms with Gasteiger partial charge in [-0.15, -0.1) is 0 Å². The first kappa shape index (κ1) is 31.6. The van der Waals surface area contributed by atoms with Gasteiger partial charge in [0.25, 0.3) is 0 Å². The van der Waals surface area contributed by atoms with Gasteiger partial charge in [-0.2, -0.15) is 0 Å². The SMILES string of the molecule is CC(C)C[C@H]1C(=O)N2C[C@]3(C[C@H]2C(N)=O)C(=O)Nc2ccc(cc23)CCCCCN1C(=O)C(=O)NC1(c2ccc(F)cc2F)CC1. The molecule has 4 N–H and O–H groups in total. The van der Waals surface area contributed by atoms with E-state index in [0.29, 0.717) is 31.4 Å². The average Bonchev–Trinajstić information content (AvgIpc) is 3.56. The van der Waals surface area contributed by atoms with E-state index >= 15 is 0 Å². The van der Waals surface area contributed by atoms with Crippen LogP contribution in [0.2, 0.25) is 0 Å². The van der Waals surface area contributed by atoms with E-state index in [1.54, 1.807) is 0 Å². The molecule has 1 saturated heterocycles. The second-order valence-electron chi connectivity index (χ2n) is 13.6. The van der Waals surface area contributed by atoms with Gasteiger partial charge in [0, 0.05) is 30.4 Å². The Balaban J connectivity index is 1.35. The molecular weight excluding hydrogens is 596 g/mol. The predicted octanol–water partition coefficient (Wildman–Crippen LogP) is 3.02. The molecule has 1 aliphatic carbocycles. The number of fused-ring (bicyclic) bond motifs is 2. The molecule has 1 spiro atoms. The maximum Gasteiger partial charge on any atom is 0.312 e. The largest absolute Gasteiger partial charge is 0.368 e. The summed E-state index contributed by atoms with van der Waals surface area (Å²) in [4.78, 5) is 71.1. The molecule has 2 fully saturated rings. The van der Waals surface area contributed by atoms with E-state index in [0.717, 1.165) is 36.1 Å². The molecule has 1 saturated carbocycles. The van der Waals surface area contributed by atoms with Crippen LogP contribution in [0, 0.1) is 17.6 Å². The normalized spacial score (nSPS) is 25.2. The quantitative estimate of drug-likeness (QED) is 0.433. The molecule has 2 aromatic rings.